The first-order valence-corrected chi connectivity index (χ1v) is 8.64. The van der Waals surface area contributed by atoms with Crippen LogP contribution in [0.2, 0.25) is 0 Å². The molecular weight excluding hydrogens is 274 g/mol. The van der Waals surface area contributed by atoms with E-state index < -0.39 is 0 Å². The Kier molecular flexibility index (Phi) is 6.44. The van der Waals surface area contributed by atoms with E-state index >= 15 is 0 Å². The Morgan fingerprint density at radius 3 is 2.59 bits per heavy atom. The lowest BCUT2D eigenvalue weighted by atomic mass is 9.98. The largest absolute Gasteiger partial charge is 0.493 e. The molecule has 1 aromatic rings. The quantitative estimate of drug-likeness (QED) is 0.705. The van der Waals surface area contributed by atoms with Crippen molar-refractivity contribution in [1.82, 2.24) is 4.90 Å². The third-order valence-electron chi connectivity index (χ3n) is 4.25. The van der Waals surface area contributed by atoms with Crippen molar-refractivity contribution in [2.75, 3.05) is 26.2 Å². The van der Waals surface area contributed by atoms with Crippen LogP contribution in [-0.4, -0.2) is 36.9 Å². The van der Waals surface area contributed by atoms with E-state index in [4.69, 9.17) is 4.74 Å². The van der Waals surface area contributed by atoms with Gasteiger partial charge in [0, 0.05) is 0 Å². The molecule has 0 amide bonds. The summed E-state index contributed by atoms with van der Waals surface area (Å²) in [6.45, 7) is 9.65. The number of benzene rings is 1. The number of carbonyl (C=O) groups excluding carboxylic acids is 1. The number of ether oxygens (including phenoxy) is 1. The highest BCUT2D eigenvalue weighted by Crippen LogP contribution is 2.25. The van der Waals surface area contributed by atoms with Crippen molar-refractivity contribution in [3.63, 3.8) is 0 Å². The van der Waals surface area contributed by atoms with Gasteiger partial charge in [0.05, 0.1) is 18.7 Å². The molecule has 0 N–H and O–H groups in total. The highest BCUT2D eigenvalue weighted by atomic mass is 16.5. The molecule has 1 saturated heterocycles. The minimum Gasteiger partial charge on any atom is -0.493 e. The maximum absolute atomic E-state index is 12.8. The average Bonchev–Trinajstić information content (AvgIpc) is 2.53. The van der Waals surface area contributed by atoms with Crippen molar-refractivity contribution in [2.45, 2.75) is 52.4 Å². The lowest BCUT2D eigenvalue weighted by molar-refractivity contribution is 0.0911. The summed E-state index contributed by atoms with van der Waals surface area (Å²) in [7, 11) is 0. The molecule has 1 heterocycles. The van der Waals surface area contributed by atoms with Crippen LogP contribution in [0.1, 0.15) is 68.3 Å². The molecule has 1 aliphatic heterocycles. The van der Waals surface area contributed by atoms with Crippen molar-refractivity contribution < 1.29 is 9.53 Å². The number of ketones is 1. The molecule has 22 heavy (non-hydrogen) atoms. The molecule has 1 aromatic carbocycles. The number of Topliss-reactive ketones (excluding diaryl/α,β-unsaturated/α-hetero) is 1. The minimum absolute atomic E-state index is 0.190. The molecule has 0 spiro atoms. The predicted octanol–water partition coefficient (Wildman–Crippen LogP) is 4.27. The minimum atomic E-state index is 0.190. The normalized spacial score (nSPS) is 16.0. The lowest BCUT2D eigenvalue weighted by Gasteiger charge is -2.26. The molecule has 0 unspecified atom stereocenters. The SMILES string of the molecule is CCCOc1ccc(C(C)C)cc1C(=O)CN1CCCCC1. The highest BCUT2D eigenvalue weighted by Gasteiger charge is 2.19. The Morgan fingerprint density at radius 2 is 1.95 bits per heavy atom. The summed E-state index contributed by atoms with van der Waals surface area (Å²) in [5.41, 5.74) is 1.95. The zero-order valence-electron chi connectivity index (χ0n) is 14.2. The van der Waals surface area contributed by atoms with Gasteiger partial charge in [0.1, 0.15) is 5.75 Å². The monoisotopic (exact) mass is 303 g/mol. The van der Waals surface area contributed by atoms with E-state index in [0.29, 0.717) is 19.1 Å². The lowest BCUT2D eigenvalue weighted by Crippen LogP contribution is -2.34. The summed E-state index contributed by atoms with van der Waals surface area (Å²) in [6.07, 6.45) is 4.65. The molecule has 0 aliphatic carbocycles. The molecule has 3 nitrogen and oxygen atoms in total. The van der Waals surface area contributed by atoms with Gasteiger partial charge in [-0.3, -0.25) is 9.69 Å². The molecule has 0 atom stereocenters. The highest BCUT2D eigenvalue weighted by molar-refractivity contribution is 6.00. The molecular formula is C19H29NO2. The predicted molar refractivity (Wildman–Crippen MR) is 90.9 cm³/mol. The second-order valence-electron chi connectivity index (χ2n) is 6.52. The van der Waals surface area contributed by atoms with Crippen LogP contribution in [0.4, 0.5) is 0 Å². The second-order valence-corrected chi connectivity index (χ2v) is 6.52. The van der Waals surface area contributed by atoms with Gasteiger partial charge in [-0.2, -0.15) is 0 Å². The number of hydrogen-bond donors (Lipinski definition) is 0. The first-order chi connectivity index (χ1) is 10.6. The van der Waals surface area contributed by atoms with E-state index in [2.05, 4.69) is 31.7 Å². The van der Waals surface area contributed by atoms with Crippen molar-refractivity contribution in [2.24, 2.45) is 0 Å². The van der Waals surface area contributed by atoms with E-state index in [0.717, 1.165) is 30.8 Å². The van der Waals surface area contributed by atoms with Gasteiger partial charge in [0.2, 0.25) is 0 Å². The molecule has 1 fully saturated rings. The molecule has 1 aliphatic rings. The third-order valence-corrected chi connectivity index (χ3v) is 4.25. The van der Waals surface area contributed by atoms with E-state index in [1.54, 1.807) is 0 Å². The summed E-state index contributed by atoms with van der Waals surface area (Å²) < 4.78 is 5.79. The van der Waals surface area contributed by atoms with E-state index in [9.17, 15) is 4.79 Å². The molecule has 0 radical (unpaired) electrons. The maximum atomic E-state index is 12.8. The van der Waals surface area contributed by atoms with Gasteiger partial charge >= 0.3 is 0 Å². The molecule has 122 valence electrons. The van der Waals surface area contributed by atoms with Crippen LogP contribution >= 0.6 is 0 Å². The van der Waals surface area contributed by atoms with Crippen molar-refractivity contribution >= 4 is 5.78 Å². The zero-order chi connectivity index (χ0) is 15.9. The van der Waals surface area contributed by atoms with E-state index in [1.807, 2.05) is 12.1 Å². The second kappa shape index (κ2) is 8.33. The van der Waals surface area contributed by atoms with E-state index in [1.165, 1.54) is 24.8 Å². The number of carbonyl (C=O) groups is 1. The summed E-state index contributed by atoms with van der Waals surface area (Å²) >= 11 is 0. The fourth-order valence-electron chi connectivity index (χ4n) is 2.87. The van der Waals surface area contributed by atoms with Crippen molar-refractivity contribution in [3.8, 4) is 5.75 Å². The summed E-state index contributed by atoms with van der Waals surface area (Å²) in [6, 6.07) is 6.07. The van der Waals surface area contributed by atoms with Crippen LogP contribution in [0.3, 0.4) is 0 Å². The topological polar surface area (TPSA) is 29.5 Å². The van der Waals surface area contributed by atoms with Crippen LogP contribution in [0.25, 0.3) is 0 Å². The standard InChI is InChI=1S/C19H29NO2/c1-4-12-22-19-9-8-16(15(2)3)13-17(19)18(21)14-20-10-6-5-7-11-20/h8-9,13,15H,4-7,10-12,14H2,1-3H3. The Hall–Kier alpha value is -1.35. The van der Waals surface area contributed by atoms with Gasteiger partial charge < -0.3 is 4.74 Å². The van der Waals surface area contributed by atoms with Crippen LogP contribution in [0, 0.1) is 0 Å². The molecule has 0 aromatic heterocycles. The summed E-state index contributed by atoms with van der Waals surface area (Å²) in [5, 5.41) is 0. The van der Waals surface area contributed by atoms with Crippen LogP contribution in [0.15, 0.2) is 18.2 Å². The molecule has 2 rings (SSSR count). The smallest absolute Gasteiger partial charge is 0.180 e. The van der Waals surface area contributed by atoms with Crippen molar-refractivity contribution in [3.05, 3.63) is 29.3 Å². The Labute approximate surface area is 134 Å². The summed E-state index contributed by atoms with van der Waals surface area (Å²) in [5.74, 6) is 1.35. The van der Waals surface area contributed by atoms with Gasteiger partial charge in [-0.15, -0.1) is 0 Å². The van der Waals surface area contributed by atoms with Gasteiger partial charge in [0.25, 0.3) is 0 Å². The molecule has 0 bridgehead atoms. The van der Waals surface area contributed by atoms with Gasteiger partial charge in [0.15, 0.2) is 5.78 Å². The van der Waals surface area contributed by atoms with Crippen LogP contribution < -0.4 is 4.74 Å². The number of hydrogen-bond acceptors (Lipinski definition) is 3. The maximum Gasteiger partial charge on any atom is 0.180 e. The van der Waals surface area contributed by atoms with Crippen LogP contribution in [0.5, 0.6) is 5.75 Å². The first-order valence-electron chi connectivity index (χ1n) is 8.64. The van der Waals surface area contributed by atoms with Gasteiger partial charge in [-0.25, -0.2) is 0 Å². The molecule has 3 heteroatoms. The fourth-order valence-corrected chi connectivity index (χ4v) is 2.87. The van der Waals surface area contributed by atoms with Gasteiger partial charge in [-0.1, -0.05) is 33.3 Å². The Bertz CT molecular complexity index is 490. The summed E-state index contributed by atoms with van der Waals surface area (Å²) in [4.78, 5) is 15.0. The number of likely N-dealkylation sites (tertiary alicyclic amines) is 1. The number of nitrogens with zero attached hydrogens (tertiary/aromatic N) is 1. The zero-order valence-corrected chi connectivity index (χ0v) is 14.2. The third kappa shape index (κ3) is 4.57. The van der Waals surface area contributed by atoms with Gasteiger partial charge in [-0.05, 0) is 56.0 Å². The molecule has 0 saturated carbocycles. The number of piperidine rings is 1. The van der Waals surface area contributed by atoms with E-state index in [-0.39, 0.29) is 5.78 Å². The number of rotatable bonds is 7. The average molecular weight is 303 g/mol. The van der Waals surface area contributed by atoms with Crippen molar-refractivity contribution in [1.29, 1.82) is 0 Å². The Balaban J connectivity index is 2.16. The van der Waals surface area contributed by atoms with Crippen LogP contribution in [-0.2, 0) is 0 Å². The first kappa shape index (κ1) is 17.0. The Morgan fingerprint density at radius 1 is 1.23 bits per heavy atom. The fraction of sp³-hybridized carbons (Fsp3) is 0.632.